The summed E-state index contributed by atoms with van der Waals surface area (Å²) in [5.74, 6) is -2.14. The Morgan fingerprint density at radius 2 is 1.81 bits per heavy atom. The average molecular weight is 290 g/mol. The molecule has 21 heavy (non-hydrogen) atoms. The second-order valence-corrected chi connectivity index (χ2v) is 4.61. The number of para-hydroxylation sites is 1. The van der Waals surface area contributed by atoms with Crippen LogP contribution in [0.15, 0.2) is 36.4 Å². The molecular weight excluding hydrogens is 274 g/mol. The van der Waals surface area contributed by atoms with Gasteiger partial charge in [0.15, 0.2) is 0 Å². The highest BCUT2D eigenvalue weighted by molar-refractivity contribution is 6.05. The molecular formula is C16H16F2N2O. The highest BCUT2D eigenvalue weighted by atomic mass is 19.1. The fraction of sp³-hybridized carbons (Fsp3) is 0.188. The van der Waals surface area contributed by atoms with Crippen LogP contribution in [0, 0.1) is 18.6 Å². The Hall–Kier alpha value is -2.43. The predicted octanol–water partition coefficient (Wildman–Crippen LogP) is 3.96. The molecule has 0 fully saturated rings. The van der Waals surface area contributed by atoms with Crippen molar-refractivity contribution in [3.05, 3.63) is 59.2 Å². The molecule has 0 bridgehead atoms. The molecule has 110 valence electrons. The van der Waals surface area contributed by atoms with Crippen molar-refractivity contribution in [2.24, 2.45) is 0 Å². The number of amides is 1. The van der Waals surface area contributed by atoms with Crippen LogP contribution in [-0.2, 0) is 0 Å². The van der Waals surface area contributed by atoms with Crippen molar-refractivity contribution in [3.8, 4) is 0 Å². The zero-order valence-corrected chi connectivity index (χ0v) is 11.8. The lowest BCUT2D eigenvalue weighted by Crippen LogP contribution is -2.15. The second kappa shape index (κ2) is 6.35. The Labute approximate surface area is 122 Å². The third-order valence-corrected chi connectivity index (χ3v) is 3.05. The number of carbonyl (C=O) groups excluding carboxylic acids is 1. The maximum Gasteiger partial charge on any atom is 0.256 e. The molecule has 0 spiro atoms. The van der Waals surface area contributed by atoms with E-state index in [9.17, 15) is 13.6 Å². The van der Waals surface area contributed by atoms with Gasteiger partial charge in [-0.15, -0.1) is 0 Å². The van der Waals surface area contributed by atoms with Gasteiger partial charge in [0.2, 0.25) is 0 Å². The third kappa shape index (κ3) is 3.37. The normalized spacial score (nSPS) is 10.3. The van der Waals surface area contributed by atoms with Crippen LogP contribution in [-0.4, -0.2) is 12.5 Å². The van der Waals surface area contributed by atoms with E-state index in [2.05, 4.69) is 10.6 Å². The van der Waals surface area contributed by atoms with Crippen LogP contribution < -0.4 is 10.6 Å². The molecule has 0 saturated carbocycles. The van der Waals surface area contributed by atoms with Gasteiger partial charge in [-0.25, -0.2) is 8.78 Å². The first kappa shape index (κ1) is 15.0. The predicted molar refractivity (Wildman–Crippen MR) is 79.7 cm³/mol. The smallest absolute Gasteiger partial charge is 0.256 e. The zero-order chi connectivity index (χ0) is 15.4. The lowest BCUT2D eigenvalue weighted by molar-refractivity contribution is 0.102. The number of nitrogens with one attached hydrogen (secondary N) is 2. The molecule has 0 heterocycles. The Kier molecular flexibility index (Phi) is 4.52. The lowest BCUT2D eigenvalue weighted by atomic mass is 10.1. The molecule has 0 aliphatic carbocycles. The van der Waals surface area contributed by atoms with Gasteiger partial charge in [-0.1, -0.05) is 6.07 Å². The van der Waals surface area contributed by atoms with Crippen molar-refractivity contribution in [2.45, 2.75) is 13.8 Å². The van der Waals surface area contributed by atoms with Gasteiger partial charge in [-0.05, 0) is 49.7 Å². The van der Waals surface area contributed by atoms with E-state index in [1.165, 1.54) is 6.07 Å². The summed E-state index contributed by atoms with van der Waals surface area (Å²) >= 11 is 0. The van der Waals surface area contributed by atoms with E-state index >= 15 is 0 Å². The molecule has 2 aromatic rings. The van der Waals surface area contributed by atoms with Crippen molar-refractivity contribution in [2.75, 3.05) is 17.2 Å². The highest BCUT2D eigenvalue weighted by Gasteiger charge is 2.15. The molecule has 3 nitrogen and oxygen atoms in total. The first-order valence-electron chi connectivity index (χ1n) is 6.62. The summed E-state index contributed by atoms with van der Waals surface area (Å²) in [6.45, 7) is 4.51. The lowest BCUT2D eigenvalue weighted by Gasteiger charge is -2.11. The maximum absolute atomic E-state index is 13.5. The number of hydrogen-bond acceptors (Lipinski definition) is 2. The Bertz CT molecular complexity index is 651. The van der Waals surface area contributed by atoms with Gasteiger partial charge in [0.25, 0.3) is 5.91 Å². The van der Waals surface area contributed by atoms with Crippen LogP contribution in [0.1, 0.15) is 22.8 Å². The SMILES string of the molecule is CCNc1ccc(C(=O)Nc2c(F)cccc2F)c(C)c1. The van der Waals surface area contributed by atoms with E-state index in [0.717, 1.165) is 29.9 Å². The summed E-state index contributed by atoms with van der Waals surface area (Å²) in [6, 6.07) is 8.64. The van der Waals surface area contributed by atoms with Crippen molar-refractivity contribution in [3.63, 3.8) is 0 Å². The first-order valence-corrected chi connectivity index (χ1v) is 6.62. The molecule has 1 amide bonds. The van der Waals surface area contributed by atoms with Crippen LogP contribution in [0.5, 0.6) is 0 Å². The summed E-state index contributed by atoms with van der Waals surface area (Å²) < 4.78 is 27.1. The van der Waals surface area contributed by atoms with Crippen LogP contribution in [0.25, 0.3) is 0 Å². The van der Waals surface area contributed by atoms with Crippen molar-refractivity contribution in [1.29, 1.82) is 0 Å². The summed E-state index contributed by atoms with van der Waals surface area (Å²) in [6.07, 6.45) is 0. The van der Waals surface area contributed by atoms with E-state index in [1.807, 2.05) is 13.0 Å². The van der Waals surface area contributed by atoms with Gasteiger partial charge < -0.3 is 10.6 Å². The largest absolute Gasteiger partial charge is 0.385 e. The molecule has 0 aromatic heterocycles. The number of anilines is 2. The molecule has 5 heteroatoms. The standard InChI is InChI=1S/C16H16F2N2O/c1-3-19-11-7-8-12(10(2)9-11)16(21)20-15-13(17)5-4-6-14(15)18/h4-9,19H,3H2,1-2H3,(H,20,21). The van der Waals surface area contributed by atoms with E-state index in [-0.39, 0.29) is 0 Å². The molecule has 0 aliphatic heterocycles. The number of carbonyl (C=O) groups is 1. The minimum atomic E-state index is -0.801. The van der Waals surface area contributed by atoms with E-state index < -0.39 is 23.2 Å². The zero-order valence-electron chi connectivity index (χ0n) is 11.8. The van der Waals surface area contributed by atoms with Crippen LogP contribution in [0.2, 0.25) is 0 Å². The van der Waals surface area contributed by atoms with Gasteiger partial charge in [0.1, 0.15) is 17.3 Å². The minimum absolute atomic E-state index is 0.374. The number of rotatable bonds is 4. The first-order chi connectivity index (χ1) is 10.0. The van der Waals surface area contributed by atoms with E-state index in [1.54, 1.807) is 19.1 Å². The Morgan fingerprint density at radius 3 is 2.38 bits per heavy atom. The Balaban J connectivity index is 2.25. The van der Waals surface area contributed by atoms with Crippen LogP contribution in [0.3, 0.4) is 0 Å². The molecule has 2 N–H and O–H groups in total. The highest BCUT2D eigenvalue weighted by Crippen LogP contribution is 2.21. The maximum atomic E-state index is 13.5. The van der Waals surface area contributed by atoms with Crippen LogP contribution in [0.4, 0.5) is 20.2 Å². The fourth-order valence-corrected chi connectivity index (χ4v) is 2.03. The summed E-state index contributed by atoms with van der Waals surface area (Å²) in [7, 11) is 0. The number of aryl methyl sites for hydroxylation is 1. The molecule has 2 aromatic carbocycles. The van der Waals surface area contributed by atoms with Crippen molar-refractivity contribution >= 4 is 17.3 Å². The van der Waals surface area contributed by atoms with Crippen LogP contribution >= 0.6 is 0 Å². The minimum Gasteiger partial charge on any atom is -0.385 e. The average Bonchev–Trinajstić information content (AvgIpc) is 2.43. The molecule has 0 atom stereocenters. The van der Waals surface area contributed by atoms with Crippen molar-refractivity contribution < 1.29 is 13.6 Å². The summed E-state index contributed by atoms with van der Waals surface area (Å²) in [5.41, 5.74) is 1.56. The fourth-order valence-electron chi connectivity index (χ4n) is 2.03. The molecule has 0 saturated heterocycles. The van der Waals surface area contributed by atoms with Gasteiger partial charge in [0.05, 0.1) is 0 Å². The van der Waals surface area contributed by atoms with Gasteiger partial charge in [-0.2, -0.15) is 0 Å². The number of hydrogen-bond donors (Lipinski definition) is 2. The molecule has 0 unspecified atom stereocenters. The van der Waals surface area contributed by atoms with Gasteiger partial charge in [-0.3, -0.25) is 4.79 Å². The van der Waals surface area contributed by atoms with E-state index in [4.69, 9.17) is 0 Å². The molecule has 0 aliphatic rings. The number of halogens is 2. The monoisotopic (exact) mass is 290 g/mol. The van der Waals surface area contributed by atoms with Gasteiger partial charge in [0, 0.05) is 17.8 Å². The topological polar surface area (TPSA) is 41.1 Å². The quantitative estimate of drug-likeness (QED) is 0.895. The molecule has 2 rings (SSSR count). The summed E-state index contributed by atoms with van der Waals surface area (Å²) in [4.78, 5) is 12.1. The molecule has 0 radical (unpaired) electrons. The van der Waals surface area contributed by atoms with E-state index in [0.29, 0.717) is 5.56 Å². The summed E-state index contributed by atoms with van der Waals surface area (Å²) in [5, 5.41) is 5.41. The second-order valence-electron chi connectivity index (χ2n) is 4.61. The van der Waals surface area contributed by atoms with Crippen molar-refractivity contribution in [1.82, 2.24) is 0 Å². The Morgan fingerprint density at radius 1 is 1.14 bits per heavy atom. The number of benzene rings is 2. The van der Waals surface area contributed by atoms with Gasteiger partial charge >= 0.3 is 0 Å². The third-order valence-electron chi connectivity index (χ3n) is 3.05.